The van der Waals surface area contributed by atoms with E-state index in [1.54, 1.807) is 0 Å². The number of imidazole rings is 1. The smallest absolute Gasteiger partial charge is 0.296 e. The van der Waals surface area contributed by atoms with Crippen LogP contribution >= 0.6 is 11.6 Å². The fraction of sp³-hybridized carbons (Fsp3) is 0.480. The number of aromatic nitrogens is 3. The Morgan fingerprint density at radius 3 is 2.72 bits per heavy atom. The minimum atomic E-state index is -0.937. The van der Waals surface area contributed by atoms with Crippen LogP contribution in [0.15, 0.2) is 18.2 Å². The summed E-state index contributed by atoms with van der Waals surface area (Å²) in [6, 6.07) is 3.55. The minimum Gasteiger partial charge on any atom is -0.471 e. The van der Waals surface area contributed by atoms with Crippen molar-refractivity contribution >= 4 is 28.7 Å². The number of nitrogens with zero attached hydrogens (tertiary/aromatic N) is 2. The number of aliphatic hydroxyl groups is 1. The molecule has 3 aliphatic heterocycles. The first-order chi connectivity index (χ1) is 18.9. The van der Waals surface area contributed by atoms with Gasteiger partial charge < -0.3 is 39.1 Å². The lowest BCUT2D eigenvalue weighted by molar-refractivity contribution is 0.00706. The first kappa shape index (κ1) is 26.1. The van der Waals surface area contributed by atoms with Crippen LogP contribution in [0.25, 0.3) is 11.2 Å². The van der Waals surface area contributed by atoms with Crippen LogP contribution in [0.5, 0.6) is 11.9 Å². The van der Waals surface area contributed by atoms with Gasteiger partial charge in [0.25, 0.3) is 11.9 Å². The summed E-state index contributed by atoms with van der Waals surface area (Å²) in [6.45, 7) is 1.42. The Labute approximate surface area is 225 Å². The maximum Gasteiger partial charge on any atom is 0.296 e. The number of carbonyl (C=O) groups is 1. The van der Waals surface area contributed by atoms with Gasteiger partial charge in [-0.2, -0.15) is 9.97 Å². The summed E-state index contributed by atoms with van der Waals surface area (Å²) in [7, 11) is 0. The Morgan fingerprint density at radius 1 is 1.15 bits per heavy atom. The van der Waals surface area contributed by atoms with Crippen molar-refractivity contribution in [1.82, 2.24) is 20.3 Å². The van der Waals surface area contributed by atoms with Crippen LogP contribution in [0, 0.1) is 17.6 Å². The lowest BCUT2D eigenvalue weighted by atomic mass is 10.1. The van der Waals surface area contributed by atoms with Crippen LogP contribution in [-0.4, -0.2) is 83.4 Å². The number of benzene rings is 1. The number of hydrogen-bond donors (Lipinski definition) is 3. The van der Waals surface area contributed by atoms with Crippen molar-refractivity contribution in [3.8, 4) is 11.9 Å². The first-order valence-electron chi connectivity index (χ1n) is 12.5. The highest BCUT2D eigenvalue weighted by molar-refractivity contribution is 6.32. The molecule has 3 fully saturated rings. The van der Waals surface area contributed by atoms with Crippen molar-refractivity contribution in [2.24, 2.45) is 5.92 Å². The Hall–Kier alpha value is -3.10. The molecule has 6 rings (SSSR count). The molecule has 0 spiro atoms. The number of amides is 1. The van der Waals surface area contributed by atoms with Crippen LogP contribution in [-0.2, 0) is 20.8 Å². The molecular formula is C25H25ClF2N4O7. The molecule has 3 unspecified atom stereocenters. The molecule has 39 heavy (non-hydrogen) atoms. The Bertz CT molecular complexity index is 1360. The summed E-state index contributed by atoms with van der Waals surface area (Å²) >= 11 is 6.28. The summed E-state index contributed by atoms with van der Waals surface area (Å²) in [4.78, 5) is 23.8. The van der Waals surface area contributed by atoms with E-state index in [0.717, 1.165) is 18.6 Å². The summed E-state index contributed by atoms with van der Waals surface area (Å²) in [5, 5.41) is 12.6. The van der Waals surface area contributed by atoms with Gasteiger partial charge >= 0.3 is 0 Å². The van der Waals surface area contributed by atoms with Crippen LogP contribution in [0.4, 0.5) is 8.78 Å². The SMILES string of the molecule is O=C(NCC1CCOC1)c1cc(F)c(COc2nc3nc(O[C@@H]4COC5C4OC[C@H]5O)[nH]c3cc2Cl)c(F)c1. The minimum absolute atomic E-state index is 0.0805. The zero-order chi connectivity index (χ0) is 27.1. The number of aromatic amines is 1. The third-order valence-corrected chi connectivity index (χ3v) is 7.22. The Morgan fingerprint density at radius 2 is 1.95 bits per heavy atom. The van der Waals surface area contributed by atoms with E-state index in [2.05, 4.69) is 20.3 Å². The Kier molecular flexibility index (Phi) is 7.25. The summed E-state index contributed by atoms with van der Waals surface area (Å²) in [5.41, 5.74) is 0.134. The first-order valence-corrected chi connectivity index (χ1v) is 12.8. The van der Waals surface area contributed by atoms with Crippen LogP contribution < -0.4 is 14.8 Å². The number of fused-ring (bicyclic) bond motifs is 2. The lowest BCUT2D eigenvalue weighted by Gasteiger charge is -2.15. The molecule has 2 aromatic heterocycles. The van der Waals surface area contributed by atoms with Gasteiger partial charge in [-0.3, -0.25) is 4.79 Å². The summed E-state index contributed by atoms with van der Waals surface area (Å²) in [5.74, 6) is -2.36. The third kappa shape index (κ3) is 5.37. The van der Waals surface area contributed by atoms with E-state index in [4.69, 9.17) is 35.3 Å². The van der Waals surface area contributed by atoms with Crippen LogP contribution in [0.3, 0.4) is 0 Å². The van der Waals surface area contributed by atoms with Gasteiger partial charge in [0.2, 0.25) is 5.88 Å². The molecule has 0 aliphatic carbocycles. The zero-order valence-electron chi connectivity index (χ0n) is 20.5. The standard InChI is InChI=1S/C25H25ClF2N4O7/c26-14-5-17-22(32-25(30-17)39-19-10-37-20-18(33)9-36-21(19)20)31-24(14)38-8-13-15(27)3-12(4-16(13)28)23(34)29-6-11-1-2-35-7-11/h3-5,11,18-21,33H,1-2,6-10H2,(H,29,34)(H,30,31,32)/t11?,18-,19-,20?,21?/m1/s1. The summed E-state index contributed by atoms with van der Waals surface area (Å²) in [6.07, 6.45) is -1.24. The number of carbonyl (C=O) groups excluding carboxylic acids is 1. The normalized spacial score (nSPS) is 26.2. The van der Waals surface area contributed by atoms with Crippen LogP contribution in [0.2, 0.25) is 5.02 Å². The number of H-pyrrole nitrogens is 1. The van der Waals surface area contributed by atoms with Gasteiger partial charge in [-0.25, -0.2) is 8.78 Å². The molecule has 11 nitrogen and oxygen atoms in total. The van der Waals surface area contributed by atoms with Gasteiger partial charge in [0.1, 0.15) is 41.6 Å². The van der Waals surface area contributed by atoms with Gasteiger partial charge in [0, 0.05) is 24.6 Å². The van der Waals surface area contributed by atoms with Crippen molar-refractivity contribution in [3.63, 3.8) is 0 Å². The maximum atomic E-state index is 14.7. The van der Waals surface area contributed by atoms with Gasteiger partial charge in [-0.1, -0.05) is 11.6 Å². The largest absolute Gasteiger partial charge is 0.471 e. The quantitative estimate of drug-likeness (QED) is 0.374. The van der Waals surface area contributed by atoms with Gasteiger partial charge in [0.05, 0.1) is 30.9 Å². The summed E-state index contributed by atoms with van der Waals surface area (Å²) < 4.78 is 57.2. The number of halogens is 3. The number of nitrogens with one attached hydrogen (secondary N) is 2. The van der Waals surface area contributed by atoms with Crippen molar-refractivity contribution in [1.29, 1.82) is 0 Å². The van der Waals surface area contributed by atoms with E-state index in [0.29, 0.717) is 25.3 Å². The van der Waals surface area contributed by atoms with Crippen molar-refractivity contribution in [2.75, 3.05) is 33.0 Å². The predicted octanol–water partition coefficient (Wildman–Crippen LogP) is 2.14. The maximum absolute atomic E-state index is 14.7. The molecule has 5 heterocycles. The van der Waals surface area contributed by atoms with Crippen molar-refractivity contribution in [2.45, 2.75) is 37.4 Å². The molecule has 3 aromatic rings. The van der Waals surface area contributed by atoms with Crippen molar-refractivity contribution < 1.29 is 42.4 Å². The molecule has 1 aromatic carbocycles. The molecule has 0 bridgehead atoms. The number of aliphatic hydroxyl groups excluding tert-OH is 1. The average Bonchev–Trinajstić information content (AvgIpc) is 3.70. The van der Waals surface area contributed by atoms with E-state index in [1.165, 1.54) is 6.07 Å². The fourth-order valence-electron chi connectivity index (χ4n) is 4.82. The number of pyridine rings is 1. The predicted molar refractivity (Wildman–Crippen MR) is 131 cm³/mol. The van der Waals surface area contributed by atoms with Crippen molar-refractivity contribution in [3.05, 3.63) is 46.0 Å². The zero-order valence-corrected chi connectivity index (χ0v) is 21.2. The van der Waals surface area contributed by atoms with E-state index < -0.39 is 48.6 Å². The highest BCUT2D eigenvalue weighted by atomic mass is 35.5. The molecule has 0 saturated carbocycles. The molecule has 3 aliphatic rings. The van der Waals surface area contributed by atoms with E-state index in [9.17, 15) is 18.7 Å². The monoisotopic (exact) mass is 566 g/mol. The molecule has 14 heteroatoms. The lowest BCUT2D eigenvalue weighted by Crippen LogP contribution is -2.34. The fourth-order valence-corrected chi connectivity index (χ4v) is 5.03. The van der Waals surface area contributed by atoms with E-state index in [-0.39, 0.29) is 52.8 Å². The Balaban J connectivity index is 1.11. The van der Waals surface area contributed by atoms with Gasteiger partial charge in [0.15, 0.2) is 11.8 Å². The molecule has 3 N–H and O–H groups in total. The molecular weight excluding hydrogens is 542 g/mol. The molecule has 0 radical (unpaired) electrons. The molecule has 208 valence electrons. The number of rotatable bonds is 8. The number of ether oxygens (including phenoxy) is 5. The second-order valence-corrected chi connectivity index (χ2v) is 10.1. The van der Waals surface area contributed by atoms with E-state index in [1.807, 2.05) is 0 Å². The third-order valence-electron chi connectivity index (χ3n) is 6.95. The highest BCUT2D eigenvalue weighted by Gasteiger charge is 2.48. The number of hydrogen-bond acceptors (Lipinski definition) is 9. The molecule has 5 atom stereocenters. The van der Waals surface area contributed by atoms with Crippen LogP contribution in [0.1, 0.15) is 22.3 Å². The topological polar surface area (TPSA) is 137 Å². The molecule has 1 amide bonds. The average molecular weight is 567 g/mol. The molecule has 3 saturated heterocycles. The second kappa shape index (κ2) is 10.8. The second-order valence-electron chi connectivity index (χ2n) is 9.65. The van der Waals surface area contributed by atoms with Gasteiger partial charge in [-0.15, -0.1) is 0 Å². The highest BCUT2D eigenvalue weighted by Crippen LogP contribution is 2.31. The van der Waals surface area contributed by atoms with Gasteiger partial charge in [-0.05, 0) is 24.6 Å². The van der Waals surface area contributed by atoms with E-state index >= 15 is 0 Å².